The van der Waals surface area contributed by atoms with Crippen LogP contribution in [0.25, 0.3) is 0 Å². The van der Waals surface area contributed by atoms with Gasteiger partial charge in [-0.15, -0.1) is 0 Å². The molecule has 88 valence electrons. The molecule has 2 fully saturated rings. The second-order valence-corrected chi connectivity index (χ2v) is 5.90. The van der Waals surface area contributed by atoms with Gasteiger partial charge in [0, 0.05) is 17.4 Å². The minimum Gasteiger partial charge on any atom is -0.381 e. The van der Waals surface area contributed by atoms with E-state index in [0.717, 1.165) is 24.5 Å². The first-order chi connectivity index (χ1) is 7.37. The van der Waals surface area contributed by atoms with E-state index in [1.54, 1.807) is 0 Å². The molecule has 1 aliphatic heterocycles. The van der Waals surface area contributed by atoms with Gasteiger partial charge in [0.1, 0.15) is 0 Å². The highest BCUT2D eigenvalue weighted by atomic mass is 79.9. The first kappa shape index (κ1) is 11.9. The van der Waals surface area contributed by atoms with Gasteiger partial charge >= 0.3 is 0 Å². The van der Waals surface area contributed by atoms with Crippen LogP contribution >= 0.6 is 15.9 Å². The quantitative estimate of drug-likeness (QED) is 0.543. The Kier molecular flexibility index (Phi) is 4.51. The average molecular weight is 275 g/mol. The third-order valence-electron chi connectivity index (χ3n) is 4.34. The zero-order chi connectivity index (χ0) is 10.6. The van der Waals surface area contributed by atoms with Crippen molar-refractivity contribution in [1.82, 2.24) is 0 Å². The smallest absolute Gasteiger partial charge is 0.0533 e. The number of ether oxygens (including phenoxy) is 1. The molecule has 0 amide bonds. The maximum Gasteiger partial charge on any atom is 0.0533 e. The van der Waals surface area contributed by atoms with Gasteiger partial charge in [-0.25, -0.2) is 0 Å². The Labute approximate surface area is 102 Å². The molecular weight excluding hydrogens is 252 g/mol. The zero-order valence-electron chi connectivity index (χ0n) is 9.64. The summed E-state index contributed by atoms with van der Waals surface area (Å²) in [4.78, 5) is 0. The summed E-state index contributed by atoms with van der Waals surface area (Å²) in [6.07, 6.45) is 11.3. The summed E-state index contributed by atoms with van der Waals surface area (Å²) in [6.45, 7) is 1.99. The molecule has 1 aliphatic carbocycles. The standard InChI is InChI=1S/C13H23BrO/c14-10-13(8-5-9-15-11-13)12-6-3-1-2-4-7-12/h12H,1-11H2. The van der Waals surface area contributed by atoms with Crippen molar-refractivity contribution in [2.45, 2.75) is 51.4 Å². The minimum absolute atomic E-state index is 0.475. The number of halogens is 1. The topological polar surface area (TPSA) is 9.23 Å². The van der Waals surface area contributed by atoms with E-state index >= 15 is 0 Å². The van der Waals surface area contributed by atoms with Gasteiger partial charge < -0.3 is 4.74 Å². The van der Waals surface area contributed by atoms with E-state index in [4.69, 9.17) is 4.74 Å². The predicted molar refractivity (Wildman–Crippen MR) is 67.5 cm³/mol. The second kappa shape index (κ2) is 5.67. The third kappa shape index (κ3) is 2.76. The molecule has 2 aliphatic rings. The number of hydrogen-bond acceptors (Lipinski definition) is 1. The molecular formula is C13H23BrO. The molecule has 1 nitrogen and oxygen atoms in total. The molecule has 0 bridgehead atoms. The molecule has 1 heterocycles. The van der Waals surface area contributed by atoms with Crippen LogP contribution in [0, 0.1) is 11.3 Å². The number of alkyl halides is 1. The van der Waals surface area contributed by atoms with Gasteiger partial charge in [-0.1, -0.05) is 41.6 Å². The van der Waals surface area contributed by atoms with Crippen LogP contribution in [-0.2, 0) is 4.74 Å². The maximum absolute atomic E-state index is 5.74. The lowest BCUT2D eigenvalue weighted by atomic mass is 9.70. The largest absolute Gasteiger partial charge is 0.381 e. The minimum atomic E-state index is 0.475. The summed E-state index contributed by atoms with van der Waals surface area (Å²) in [6, 6.07) is 0. The Morgan fingerprint density at radius 3 is 2.33 bits per heavy atom. The summed E-state index contributed by atoms with van der Waals surface area (Å²) < 4.78 is 5.74. The molecule has 0 aromatic rings. The van der Waals surface area contributed by atoms with Crippen LogP contribution < -0.4 is 0 Å². The highest BCUT2D eigenvalue weighted by Gasteiger charge is 2.39. The molecule has 1 unspecified atom stereocenters. The lowest BCUT2D eigenvalue weighted by Crippen LogP contribution is -2.40. The molecule has 2 heteroatoms. The highest BCUT2D eigenvalue weighted by molar-refractivity contribution is 9.09. The van der Waals surface area contributed by atoms with Crippen LogP contribution in [0.2, 0.25) is 0 Å². The first-order valence-electron chi connectivity index (χ1n) is 6.51. The van der Waals surface area contributed by atoms with Crippen LogP contribution in [0.3, 0.4) is 0 Å². The van der Waals surface area contributed by atoms with Crippen LogP contribution in [0.4, 0.5) is 0 Å². The molecule has 0 aromatic carbocycles. The van der Waals surface area contributed by atoms with Crippen molar-refractivity contribution < 1.29 is 4.74 Å². The lowest BCUT2D eigenvalue weighted by molar-refractivity contribution is -0.0313. The summed E-state index contributed by atoms with van der Waals surface area (Å²) >= 11 is 3.75. The van der Waals surface area contributed by atoms with E-state index in [9.17, 15) is 0 Å². The Morgan fingerprint density at radius 1 is 1.07 bits per heavy atom. The van der Waals surface area contributed by atoms with Crippen molar-refractivity contribution >= 4 is 15.9 Å². The van der Waals surface area contributed by atoms with Crippen LogP contribution in [0.15, 0.2) is 0 Å². The molecule has 0 aromatic heterocycles. The Hall–Kier alpha value is 0.440. The Balaban J connectivity index is 2.01. The van der Waals surface area contributed by atoms with Gasteiger partial charge in [-0.2, -0.15) is 0 Å². The average Bonchev–Trinajstić information content (AvgIpc) is 2.59. The first-order valence-corrected chi connectivity index (χ1v) is 7.63. The molecule has 1 atom stereocenters. The summed E-state index contributed by atoms with van der Waals surface area (Å²) in [5.41, 5.74) is 0.475. The van der Waals surface area contributed by atoms with Gasteiger partial charge in [0.05, 0.1) is 6.61 Å². The monoisotopic (exact) mass is 274 g/mol. The van der Waals surface area contributed by atoms with Crippen molar-refractivity contribution in [3.63, 3.8) is 0 Å². The van der Waals surface area contributed by atoms with Crippen molar-refractivity contribution in [3.8, 4) is 0 Å². The van der Waals surface area contributed by atoms with Gasteiger partial charge in [-0.05, 0) is 31.6 Å². The molecule has 0 N–H and O–H groups in total. The van der Waals surface area contributed by atoms with Crippen molar-refractivity contribution in [2.24, 2.45) is 11.3 Å². The maximum atomic E-state index is 5.74. The molecule has 1 saturated carbocycles. The fourth-order valence-corrected chi connectivity index (χ4v) is 4.20. The zero-order valence-corrected chi connectivity index (χ0v) is 11.2. The van der Waals surface area contributed by atoms with E-state index in [1.807, 2.05) is 0 Å². The number of hydrogen-bond donors (Lipinski definition) is 0. The Bertz CT molecular complexity index is 179. The molecule has 0 spiro atoms. The van der Waals surface area contributed by atoms with Crippen LogP contribution in [0.5, 0.6) is 0 Å². The number of rotatable bonds is 2. The summed E-state index contributed by atoms with van der Waals surface area (Å²) in [5, 5.41) is 1.14. The van der Waals surface area contributed by atoms with E-state index in [2.05, 4.69) is 15.9 Å². The van der Waals surface area contributed by atoms with Gasteiger partial charge in [0.15, 0.2) is 0 Å². The van der Waals surface area contributed by atoms with Gasteiger partial charge in [0.2, 0.25) is 0 Å². The van der Waals surface area contributed by atoms with Crippen LogP contribution in [-0.4, -0.2) is 18.5 Å². The van der Waals surface area contributed by atoms with Gasteiger partial charge in [-0.3, -0.25) is 0 Å². The van der Waals surface area contributed by atoms with E-state index < -0.39 is 0 Å². The van der Waals surface area contributed by atoms with Crippen molar-refractivity contribution in [1.29, 1.82) is 0 Å². The highest BCUT2D eigenvalue weighted by Crippen LogP contribution is 2.44. The summed E-state index contributed by atoms with van der Waals surface area (Å²) in [7, 11) is 0. The third-order valence-corrected chi connectivity index (χ3v) is 5.46. The SMILES string of the molecule is BrCC1(C2CCCCCC2)CCCOC1. The van der Waals surface area contributed by atoms with E-state index in [1.165, 1.54) is 51.4 Å². The van der Waals surface area contributed by atoms with Crippen molar-refractivity contribution in [3.05, 3.63) is 0 Å². The second-order valence-electron chi connectivity index (χ2n) is 5.34. The fourth-order valence-electron chi connectivity index (χ4n) is 3.30. The molecule has 15 heavy (non-hydrogen) atoms. The van der Waals surface area contributed by atoms with Crippen LogP contribution in [0.1, 0.15) is 51.4 Å². The fraction of sp³-hybridized carbons (Fsp3) is 1.00. The summed E-state index contributed by atoms with van der Waals surface area (Å²) in [5.74, 6) is 0.916. The molecule has 1 saturated heterocycles. The van der Waals surface area contributed by atoms with E-state index in [-0.39, 0.29) is 0 Å². The Morgan fingerprint density at radius 2 is 1.80 bits per heavy atom. The van der Waals surface area contributed by atoms with E-state index in [0.29, 0.717) is 5.41 Å². The lowest BCUT2D eigenvalue weighted by Gasteiger charge is -2.42. The normalized spacial score (nSPS) is 35.0. The molecule has 2 rings (SSSR count). The predicted octanol–water partition coefficient (Wildman–Crippen LogP) is 4.15. The van der Waals surface area contributed by atoms with Crippen molar-refractivity contribution in [2.75, 3.05) is 18.5 Å². The van der Waals surface area contributed by atoms with Gasteiger partial charge in [0.25, 0.3) is 0 Å². The molecule has 0 radical (unpaired) electrons.